The van der Waals surface area contributed by atoms with E-state index in [1.54, 1.807) is 24.7 Å². The summed E-state index contributed by atoms with van der Waals surface area (Å²) in [6.45, 7) is 4.76. The number of nitrogens with zero attached hydrogens (tertiary/aromatic N) is 5. The van der Waals surface area contributed by atoms with Crippen LogP contribution in [0.1, 0.15) is 40.9 Å². The Labute approximate surface area is 182 Å². The summed E-state index contributed by atoms with van der Waals surface area (Å²) in [4.78, 5) is 33.5. The zero-order chi connectivity index (χ0) is 21.4. The first-order valence-electron chi connectivity index (χ1n) is 10.8. The second kappa shape index (κ2) is 8.06. The highest BCUT2D eigenvalue weighted by Crippen LogP contribution is 2.38. The monoisotopic (exact) mass is 414 g/mol. The average Bonchev–Trinajstić information content (AvgIpc) is 2.81. The molecular formula is C24H26N6O. The molecule has 1 saturated carbocycles. The number of hydrogen-bond acceptors (Lipinski definition) is 6. The van der Waals surface area contributed by atoms with Crippen molar-refractivity contribution in [2.24, 2.45) is 5.92 Å². The van der Waals surface area contributed by atoms with Gasteiger partial charge in [-0.25, -0.2) is 15.0 Å². The molecule has 3 aromatic rings. The van der Waals surface area contributed by atoms with E-state index < -0.39 is 0 Å². The van der Waals surface area contributed by atoms with Gasteiger partial charge in [0.15, 0.2) is 5.82 Å². The number of hydrogen-bond donors (Lipinski definition) is 1. The summed E-state index contributed by atoms with van der Waals surface area (Å²) in [7, 11) is 0. The second-order valence-electron chi connectivity index (χ2n) is 8.66. The molecule has 0 aromatic carbocycles. The number of aryl methyl sites for hydroxylation is 2. The molecule has 1 aliphatic carbocycles. The van der Waals surface area contributed by atoms with E-state index in [0.717, 1.165) is 42.8 Å². The van der Waals surface area contributed by atoms with E-state index in [9.17, 15) is 4.79 Å². The Hall–Kier alpha value is -3.35. The summed E-state index contributed by atoms with van der Waals surface area (Å²) in [6.07, 6.45) is 10.2. The van der Waals surface area contributed by atoms with Crippen LogP contribution in [0.5, 0.6) is 0 Å². The molecule has 2 aliphatic heterocycles. The number of carbonyl (C=O) groups excluding carboxylic acids is 1. The highest BCUT2D eigenvalue weighted by Gasteiger charge is 2.44. The molecule has 2 saturated heterocycles. The third-order valence-corrected chi connectivity index (χ3v) is 6.32. The number of anilines is 1. The summed E-state index contributed by atoms with van der Waals surface area (Å²) in [5.74, 6) is 1.84. The molecule has 7 nitrogen and oxygen atoms in total. The fourth-order valence-electron chi connectivity index (χ4n) is 4.81. The van der Waals surface area contributed by atoms with Crippen LogP contribution < -0.4 is 5.32 Å². The Bertz CT molecular complexity index is 1080. The lowest BCUT2D eigenvalue weighted by Gasteiger charge is -2.50. The summed E-state index contributed by atoms with van der Waals surface area (Å²) in [5.41, 5.74) is 3.23. The number of aromatic nitrogens is 4. The van der Waals surface area contributed by atoms with Gasteiger partial charge < -0.3 is 10.2 Å². The maximum absolute atomic E-state index is 13.7. The molecule has 6 rings (SSSR count). The minimum absolute atomic E-state index is 0.0412. The maximum atomic E-state index is 13.7. The van der Waals surface area contributed by atoms with Crippen molar-refractivity contribution in [2.45, 2.75) is 45.2 Å². The second-order valence-corrected chi connectivity index (χ2v) is 8.66. The SMILES string of the molecule is Cc1ccc(N[C@@H]2C[C@H]3CC[C@@H]2N(C(=O)c2ncc(C)cc2-c2ncccn2)C3)nc1. The van der Waals surface area contributed by atoms with Crippen molar-refractivity contribution in [1.29, 1.82) is 0 Å². The predicted octanol–water partition coefficient (Wildman–Crippen LogP) is 3.66. The van der Waals surface area contributed by atoms with Gasteiger partial charge in [-0.05, 0) is 68.4 Å². The first kappa shape index (κ1) is 19.6. The van der Waals surface area contributed by atoms with E-state index in [1.165, 1.54) is 0 Å². The van der Waals surface area contributed by atoms with E-state index in [0.29, 0.717) is 23.0 Å². The van der Waals surface area contributed by atoms with Gasteiger partial charge in [0, 0.05) is 37.4 Å². The summed E-state index contributed by atoms with van der Waals surface area (Å²) in [6, 6.07) is 8.09. The number of amides is 1. The first-order valence-corrected chi connectivity index (χ1v) is 10.8. The van der Waals surface area contributed by atoms with Gasteiger partial charge in [0.2, 0.25) is 0 Å². The van der Waals surface area contributed by atoms with Crippen LogP contribution in [-0.2, 0) is 0 Å². The van der Waals surface area contributed by atoms with Crippen LogP contribution in [0.4, 0.5) is 5.82 Å². The van der Waals surface area contributed by atoms with E-state index in [1.807, 2.05) is 37.1 Å². The lowest BCUT2D eigenvalue weighted by Crippen LogP contribution is -2.60. The molecule has 2 bridgehead atoms. The number of pyridine rings is 2. The number of nitrogens with one attached hydrogen (secondary N) is 1. The molecular weight excluding hydrogens is 388 g/mol. The number of carbonyl (C=O) groups is 1. The van der Waals surface area contributed by atoms with Gasteiger partial charge in [0.05, 0.1) is 11.6 Å². The Kier molecular flexibility index (Phi) is 5.10. The van der Waals surface area contributed by atoms with Gasteiger partial charge in [-0.2, -0.15) is 0 Å². The molecule has 3 atom stereocenters. The Balaban J connectivity index is 1.44. The molecule has 1 amide bonds. The van der Waals surface area contributed by atoms with Crippen LogP contribution in [0, 0.1) is 19.8 Å². The van der Waals surface area contributed by atoms with Crippen LogP contribution in [0.25, 0.3) is 11.4 Å². The van der Waals surface area contributed by atoms with Crippen LogP contribution in [0.15, 0.2) is 49.1 Å². The summed E-state index contributed by atoms with van der Waals surface area (Å²) >= 11 is 0. The molecule has 31 heavy (non-hydrogen) atoms. The van der Waals surface area contributed by atoms with Crippen LogP contribution in [-0.4, -0.2) is 49.4 Å². The smallest absolute Gasteiger partial charge is 0.273 e. The molecule has 0 radical (unpaired) electrons. The zero-order valence-electron chi connectivity index (χ0n) is 17.8. The molecule has 3 aromatic heterocycles. The number of piperidine rings is 2. The highest BCUT2D eigenvalue weighted by atomic mass is 16.2. The molecule has 7 heteroatoms. The Morgan fingerprint density at radius 3 is 2.58 bits per heavy atom. The van der Waals surface area contributed by atoms with Crippen molar-refractivity contribution in [3.8, 4) is 11.4 Å². The summed E-state index contributed by atoms with van der Waals surface area (Å²) in [5, 5.41) is 3.58. The minimum atomic E-state index is -0.0412. The van der Waals surface area contributed by atoms with Crippen LogP contribution >= 0.6 is 0 Å². The molecule has 3 aliphatic rings. The molecule has 0 unspecified atom stereocenters. The minimum Gasteiger partial charge on any atom is -0.365 e. The van der Waals surface area contributed by atoms with Crippen LogP contribution in [0.2, 0.25) is 0 Å². The van der Waals surface area contributed by atoms with E-state index >= 15 is 0 Å². The van der Waals surface area contributed by atoms with Crippen molar-refractivity contribution in [3.05, 3.63) is 65.9 Å². The van der Waals surface area contributed by atoms with E-state index in [4.69, 9.17) is 0 Å². The third kappa shape index (κ3) is 3.87. The van der Waals surface area contributed by atoms with Gasteiger partial charge in [-0.15, -0.1) is 0 Å². The molecule has 0 spiro atoms. The summed E-state index contributed by atoms with van der Waals surface area (Å²) < 4.78 is 0. The Morgan fingerprint density at radius 2 is 1.84 bits per heavy atom. The largest absolute Gasteiger partial charge is 0.365 e. The quantitative estimate of drug-likeness (QED) is 0.701. The zero-order valence-corrected chi connectivity index (χ0v) is 17.8. The molecule has 1 N–H and O–H groups in total. The third-order valence-electron chi connectivity index (χ3n) is 6.32. The fourth-order valence-corrected chi connectivity index (χ4v) is 4.81. The lowest BCUT2D eigenvalue weighted by atomic mass is 9.76. The molecule has 158 valence electrons. The first-order chi connectivity index (χ1) is 15.1. The number of rotatable bonds is 4. The van der Waals surface area contributed by atoms with Gasteiger partial charge in [-0.1, -0.05) is 6.07 Å². The van der Waals surface area contributed by atoms with E-state index in [2.05, 4.69) is 31.3 Å². The topological polar surface area (TPSA) is 83.9 Å². The van der Waals surface area contributed by atoms with E-state index in [-0.39, 0.29) is 18.0 Å². The predicted molar refractivity (Wildman–Crippen MR) is 119 cm³/mol. The van der Waals surface area contributed by atoms with Crippen molar-refractivity contribution in [2.75, 3.05) is 11.9 Å². The van der Waals surface area contributed by atoms with Crippen molar-refractivity contribution in [3.63, 3.8) is 0 Å². The van der Waals surface area contributed by atoms with Gasteiger partial charge in [0.25, 0.3) is 5.91 Å². The van der Waals surface area contributed by atoms with Crippen LogP contribution in [0.3, 0.4) is 0 Å². The normalized spacial score (nSPS) is 22.4. The van der Waals surface area contributed by atoms with Gasteiger partial charge in [0.1, 0.15) is 11.5 Å². The maximum Gasteiger partial charge on any atom is 0.273 e. The Morgan fingerprint density at radius 1 is 1.03 bits per heavy atom. The average molecular weight is 415 g/mol. The standard InChI is InChI=1S/C24H26N6O/c1-15-4-7-21(27-12-15)29-19-11-17-5-6-20(19)30(14-17)24(31)22-18(10-16(2)13-28-22)23-25-8-3-9-26-23/h3-4,7-10,12-13,17,19-20H,5-6,11,14H2,1-2H3,(H,27,29)/t17-,19-,20+/m1/s1. The van der Waals surface area contributed by atoms with Crippen molar-refractivity contribution in [1.82, 2.24) is 24.8 Å². The number of fused-ring (bicyclic) bond motifs is 3. The van der Waals surface area contributed by atoms with Gasteiger partial charge >= 0.3 is 0 Å². The lowest BCUT2D eigenvalue weighted by molar-refractivity contribution is 0.0277. The fraction of sp³-hybridized carbons (Fsp3) is 0.375. The van der Waals surface area contributed by atoms with Gasteiger partial charge in [-0.3, -0.25) is 9.78 Å². The highest BCUT2D eigenvalue weighted by molar-refractivity contribution is 5.98. The molecule has 5 heterocycles. The molecule has 3 fully saturated rings. The van der Waals surface area contributed by atoms with Crippen molar-refractivity contribution >= 4 is 11.7 Å². The van der Waals surface area contributed by atoms with Crippen molar-refractivity contribution < 1.29 is 4.79 Å².